The summed E-state index contributed by atoms with van der Waals surface area (Å²) in [6.07, 6.45) is 4.65. The quantitative estimate of drug-likeness (QED) is 0.196. The van der Waals surface area contributed by atoms with Gasteiger partial charge in [-0.25, -0.2) is 0 Å². The van der Waals surface area contributed by atoms with Crippen molar-refractivity contribution in [1.82, 2.24) is 0 Å². The third kappa shape index (κ3) is 4.72. The van der Waals surface area contributed by atoms with Crippen LogP contribution in [-0.2, 0) is 14.3 Å². The van der Waals surface area contributed by atoms with E-state index in [0.717, 1.165) is 5.57 Å². The monoisotopic (exact) mass is 363 g/mol. The molecule has 0 saturated heterocycles. The number of nitrogen functional groups attached to an aromatic ring is 1. The molecule has 0 radical (unpaired) electrons. The van der Waals surface area contributed by atoms with Crippen LogP contribution in [0.2, 0.25) is 0 Å². The Bertz CT molecular complexity index is 768. The van der Waals surface area contributed by atoms with E-state index in [2.05, 4.69) is 11.3 Å². The lowest BCUT2D eigenvalue weighted by atomic mass is 10.0. The van der Waals surface area contributed by atoms with Gasteiger partial charge in [0.15, 0.2) is 0 Å². The molecule has 8 heteroatoms. The molecule has 132 valence electrons. The lowest BCUT2D eigenvalue weighted by molar-refractivity contribution is -0.291. The zero-order chi connectivity index (χ0) is 18.6. The number of esters is 1. The minimum atomic E-state index is -2.94. The molecule has 1 aliphatic carbocycles. The molecule has 0 fully saturated rings. The van der Waals surface area contributed by atoms with Crippen molar-refractivity contribution in [2.24, 2.45) is 0 Å². The highest BCUT2D eigenvalue weighted by atomic mass is 32.2. The van der Waals surface area contributed by atoms with E-state index < -0.39 is 23.2 Å². The summed E-state index contributed by atoms with van der Waals surface area (Å²) in [6, 6.07) is 6.40. The second-order valence-electron chi connectivity index (χ2n) is 5.26. The molecule has 0 spiro atoms. The third-order valence-electron chi connectivity index (χ3n) is 3.30. The standard InChI is InChI=1S/C17H17NO6S/c1-10-6-8-11(9-7-10)17(22,23)24-16(21)14(15(19)20)25-13-5-3-2-4-12(13)18/h2-6,8-9,14,22-23H,1,7,18H2,(H,19,20). The van der Waals surface area contributed by atoms with E-state index in [-0.39, 0.29) is 5.57 Å². The molecule has 0 aliphatic heterocycles. The molecule has 0 saturated carbocycles. The Labute approximate surface area is 148 Å². The summed E-state index contributed by atoms with van der Waals surface area (Å²) >= 11 is 0.646. The number of aliphatic hydroxyl groups is 2. The van der Waals surface area contributed by atoms with E-state index in [9.17, 15) is 24.9 Å². The van der Waals surface area contributed by atoms with Gasteiger partial charge in [-0.15, -0.1) is 0 Å². The van der Waals surface area contributed by atoms with Gasteiger partial charge in [0.2, 0.25) is 5.25 Å². The number of allylic oxidation sites excluding steroid dienone is 3. The van der Waals surface area contributed by atoms with Crippen LogP contribution in [0.3, 0.4) is 0 Å². The van der Waals surface area contributed by atoms with Crippen molar-refractivity contribution in [1.29, 1.82) is 0 Å². The molecule has 7 nitrogen and oxygen atoms in total. The van der Waals surface area contributed by atoms with Crippen molar-refractivity contribution in [3.05, 3.63) is 60.2 Å². The van der Waals surface area contributed by atoms with Gasteiger partial charge in [0, 0.05) is 10.6 Å². The van der Waals surface area contributed by atoms with Crippen molar-refractivity contribution >= 4 is 29.4 Å². The Morgan fingerprint density at radius 3 is 2.52 bits per heavy atom. The van der Waals surface area contributed by atoms with Crippen LogP contribution in [0.1, 0.15) is 6.42 Å². The van der Waals surface area contributed by atoms with Gasteiger partial charge in [-0.2, -0.15) is 0 Å². The van der Waals surface area contributed by atoms with Crippen LogP contribution >= 0.6 is 11.8 Å². The number of anilines is 1. The van der Waals surface area contributed by atoms with Gasteiger partial charge >= 0.3 is 17.9 Å². The molecule has 1 aromatic rings. The van der Waals surface area contributed by atoms with Gasteiger partial charge in [-0.3, -0.25) is 9.59 Å². The van der Waals surface area contributed by atoms with Gasteiger partial charge in [0.25, 0.3) is 0 Å². The normalized spacial score (nSPS) is 15.4. The highest BCUT2D eigenvalue weighted by molar-refractivity contribution is 8.01. The van der Waals surface area contributed by atoms with Crippen LogP contribution in [0.5, 0.6) is 0 Å². The summed E-state index contributed by atoms with van der Waals surface area (Å²) in [7, 11) is 0. The molecule has 2 rings (SSSR count). The Kier molecular flexibility index (Phi) is 5.68. The van der Waals surface area contributed by atoms with E-state index in [0.29, 0.717) is 28.8 Å². The fourth-order valence-corrected chi connectivity index (χ4v) is 2.85. The maximum absolute atomic E-state index is 12.2. The predicted octanol–water partition coefficient (Wildman–Crippen LogP) is 1.44. The number of hydrogen-bond acceptors (Lipinski definition) is 7. The number of carboxylic acid groups (broad SMARTS) is 1. The number of nitrogens with two attached hydrogens (primary N) is 1. The summed E-state index contributed by atoms with van der Waals surface area (Å²) in [5, 5.41) is 27.5. The van der Waals surface area contributed by atoms with Crippen molar-refractivity contribution in [3.8, 4) is 0 Å². The van der Waals surface area contributed by atoms with Crippen molar-refractivity contribution in [3.63, 3.8) is 0 Å². The van der Waals surface area contributed by atoms with Gasteiger partial charge in [-0.1, -0.05) is 48.2 Å². The second kappa shape index (κ2) is 7.56. The zero-order valence-electron chi connectivity index (χ0n) is 13.1. The molecule has 1 unspecified atom stereocenters. The Morgan fingerprint density at radius 1 is 1.28 bits per heavy atom. The number of carbonyl (C=O) groups excluding carboxylic acids is 1. The highest BCUT2D eigenvalue weighted by Gasteiger charge is 2.39. The maximum atomic E-state index is 12.2. The topological polar surface area (TPSA) is 130 Å². The number of carboxylic acids is 1. The Balaban J connectivity index is 2.15. The summed E-state index contributed by atoms with van der Waals surface area (Å²) in [5.74, 6) is -5.75. The molecule has 1 aliphatic rings. The smallest absolute Gasteiger partial charge is 0.353 e. The van der Waals surface area contributed by atoms with Gasteiger partial charge in [0.1, 0.15) is 0 Å². The van der Waals surface area contributed by atoms with E-state index in [1.165, 1.54) is 12.2 Å². The first-order valence-corrected chi connectivity index (χ1v) is 8.06. The second-order valence-corrected chi connectivity index (χ2v) is 6.41. The average molecular weight is 363 g/mol. The molecule has 25 heavy (non-hydrogen) atoms. The first kappa shape index (κ1) is 18.8. The fourth-order valence-electron chi connectivity index (χ4n) is 1.99. The maximum Gasteiger partial charge on any atom is 0.353 e. The number of rotatable bonds is 6. The number of aliphatic carboxylic acids is 1. The van der Waals surface area contributed by atoms with Crippen LogP contribution in [-0.4, -0.2) is 38.5 Å². The highest BCUT2D eigenvalue weighted by Crippen LogP contribution is 2.31. The Hall–Kier alpha value is -2.55. The molecule has 0 amide bonds. The number of thioether (sulfide) groups is 1. The molecule has 1 atom stereocenters. The van der Waals surface area contributed by atoms with Crippen LogP contribution in [0.15, 0.2) is 65.1 Å². The summed E-state index contributed by atoms with van der Waals surface area (Å²) < 4.78 is 4.63. The van der Waals surface area contributed by atoms with E-state index in [4.69, 9.17) is 5.73 Å². The number of hydrogen-bond donors (Lipinski definition) is 4. The minimum absolute atomic E-state index is 0.0818. The van der Waals surface area contributed by atoms with Crippen molar-refractivity contribution in [2.75, 3.05) is 5.73 Å². The Morgan fingerprint density at radius 2 is 1.96 bits per heavy atom. The summed E-state index contributed by atoms with van der Waals surface area (Å²) in [5.41, 5.74) is 6.69. The third-order valence-corrected chi connectivity index (χ3v) is 4.56. The van der Waals surface area contributed by atoms with Crippen LogP contribution in [0.4, 0.5) is 5.69 Å². The minimum Gasteiger partial charge on any atom is -0.480 e. The lowest BCUT2D eigenvalue weighted by Crippen LogP contribution is -2.41. The van der Waals surface area contributed by atoms with E-state index >= 15 is 0 Å². The van der Waals surface area contributed by atoms with E-state index in [1.807, 2.05) is 0 Å². The molecule has 0 aromatic heterocycles. The number of para-hydroxylation sites is 1. The fraction of sp³-hybridized carbons (Fsp3) is 0.176. The first-order valence-electron chi connectivity index (χ1n) is 7.19. The summed E-state index contributed by atoms with van der Waals surface area (Å²) in [6.45, 7) is 3.70. The van der Waals surface area contributed by atoms with Crippen LogP contribution in [0, 0.1) is 0 Å². The predicted molar refractivity (Wildman–Crippen MR) is 92.4 cm³/mol. The first-order chi connectivity index (χ1) is 11.7. The molecular formula is C17H17NO6S. The zero-order valence-corrected chi connectivity index (χ0v) is 13.9. The summed E-state index contributed by atoms with van der Waals surface area (Å²) in [4.78, 5) is 23.9. The number of benzene rings is 1. The largest absolute Gasteiger partial charge is 0.480 e. The molecular weight excluding hydrogens is 346 g/mol. The molecule has 1 aromatic carbocycles. The van der Waals surface area contributed by atoms with Gasteiger partial charge < -0.3 is 25.8 Å². The number of ether oxygens (including phenoxy) is 1. The van der Waals surface area contributed by atoms with Crippen molar-refractivity contribution < 1.29 is 29.6 Å². The molecule has 5 N–H and O–H groups in total. The SMILES string of the molecule is C=C1C=CC(C(O)(O)OC(=O)C(Sc2ccccc2N)C(=O)O)=CC1. The molecule has 0 bridgehead atoms. The van der Waals surface area contributed by atoms with Gasteiger partial charge in [-0.05, 0) is 24.6 Å². The lowest BCUT2D eigenvalue weighted by Gasteiger charge is -2.25. The van der Waals surface area contributed by atoms with Gasteiger partial charge in [0.05, 0.1) is 5.57 Å². The molecule has 0 heterocycles. The number of carbonyl (C=O) groups is 2. The van der Waals surface area contributed by atoms with Crippen LogP contribution < -0.4 is 5.73 Å². The van der Waals surface area contributed by atoms with Crippen LogP contribution in [0.25, 0.3) is 0 Å². The average Bonchev–Trinajstić information content (AvgIpc) is 2.53. The van der Waals surface area contributed by atoms with Crippen molar-refractivity contribution in [2.45, 2.75) is 22.5 Å². The van der Waals surface area contributed by atoms with E-state index in [1.54, 1.807) is 30.3 Å².